The molecule has 1 amide bonds. The monoisotopic (exact) mass is 297 g/mol. The van der Waals surface area contributed by atoms with Crippen molar-refractivity contribution in [3.05, 3.63) is 30.1 Å². The molecule has 6 nitrogen and oxygen atoms in total. The van der Waals surface area contributed by atoms with Crippen molar-refractivity contribution < 1.29 is 13.2 Å². The number of aromatic nitrogens is 1. The van der Waals surface area contributed by atoms with Gasteiger partial charge in [-0.2, -0.15) is 0 Å². The largest absolute Gasteiger partial charge is 0.313 e. The van der Waals surface area contributed by atoms with Crippen LogP contribution in [0.25, 0.3) is 0 Å². The van der Waals surface area contributed by atoms with Crippen molar-refractivity contribution in [1.29, 1.82) is 0 Å². The van der Waals surface area contributed by atoms with Crippen LogP contribution in [0.2, 0.25) is 0 Å². The molecule has 110 valence electrons. The van der Waals surface area contributed by atoms with Gasteiger partial charge in [0.1, 0.15) is 0 Å². The molecular formula is C13H19N3O3S. The smallest absolute Gasteiger partial charge is 0.258 e. The number of hydrogen-bond acceptors (Lipinski definition) is 5. The lowest BCUT2D eigenvalue weighted by Gasteiger charge is -2.43. The van der Waals surface area contributed by atoms with E-state index in [0.29, 0.717) is 19.5 Å². The first-order chi connectivity index (χ1) is 9.37. The van der Waals surface area contributed by atoms with Crippen molar-refractivity contribution >= 4 is 15.9 Å². The number of sulfonamides is 1. The van der Waals surface area contributed by atoms with Gasteiger partial charge in [0.05, 0.1) is 0 Å². The van der Waals surface area contributed by atoms with E-state index in [-0.39, 0.29) is 12.5 Å². The Labute approximate surface area is 119 Å². The zero-order valence-electron chi connectivity index (χ0n) is 11.7. The Morgan fingerprint density at radius 3 is 2.75 bits per heavy atom. The van der Waals surface area contributed by atoms with Gasteiger partial charge in [-0.3, -0.25) is 9.78 Å². The first kappa shape index (κ1) is 14.9. The number of rotatable bonds is 6. The maximum Gasteiger partial charge on any atom is 0.258 e. The van der Waals surface area contributed by atoms with E-state index in [9.17, 15) is 13.2 Å². The summed E-state index contributed by atoms with van der Waals surface area (Å²) in [5.74, 6) is -0.315. The summed E-state index contributed by atoms with van der Waals surface area (Å²) >= 11 is 0. The molecule has 2 heterocycles. The van der Waals surface area contributed by atoms with Gasteiger partial charge < -0.3 is 5.32 Å². The van der Waals surface area contributed by atoms with Gasteiger partial charge in [-0.1, -0.05) is 6.07 Å². The topological polar surface area (TPSA) is 79.4 Å². The van der Waals surface area contributed by atoms with Crippen molar-refractivity contribution in [2.45, 2.75) is 31.6 Å². The third kappa shape index (κ3) is 2.55. The molecule has 2 rings (SSSR count). The molecule has 1 N–H and O–H groups in total. The summed E-state index contributed by atoms with van der Waals surface area (Å²) in [6.45, 7) is 4.46. The average molecular weight is 297 g/mol. The lowest BCUT2D eigenvalue weighted by atomic mass is 10.2. The normalized spacial score (nSPS) is 19.7. The summed E-state index contributed by atoms with van der Waals surface area (Å²) in [7, 11) is -3.44. The molecule has 1 fully saturated rings. The summed E-state index contributed by atoms with van der Waals surface area (Å²) in [6, 6.07) is 3.83. The summed E-state index contributed by atoms with van der Waals surface area (Å²) < 4.78 is 23.4. The highest BCUT2D eigenvalue weighted by atomic mass is 32.2. The second-order valence-electron chi connectivity index (χ2n) is 5.28. The van der Waals surface area contributed by atoms with Crippen molar-refractivity contribution in [3.63, 3.8) is 0 Å². The third-order valence-corrected chi connectivity index (χ3v) is 5.84. The van der Waals surface area contributed by atoms with Crippen molar-refractivity contribution in [3.8, 4) is 0 Å². The van der Waals surface area contributed by atoms with Crippen LogP contribution >= 0.6 is 0 Å². The second kappa shape index (κ2) is 5.49. The lowest BCUT2D eigenvalue weighted by Crippen LogP contribution is -2.67. The Kier molecular flexibility index (Phi) is 4.10. The molecule has 0 radical (unpaired) electrons. The molecule has 0 bridgehead atoms. The first-order valence-corrected chi connectivity index (χ1v) is 7.98. The average Bonchev–Trinajstić information content (AvgIpc) is 2.42. The molecule has 0 aliphatic carbocycles. The Morgan fingerprint density at radius 1 is 1.40 bits per heavy atom. The van der Waals surface area contributed by atoms with Crippen LogP contribution in [-0.2, 0) is 21.4 Å². The highest BCUT2D eigenvalue weighted by molar-refractivity contribution is 7.94. The Bertz CT molecular complexity index is 584. The second-order valence-corrected chi connectivity index (χ2v) is 7.70. The number of nitrogens with one attached hydrogen (secondary N) is 1. The van der Waals surface area contributed by atoms with Gasteiger partial charge in [-0.25, -0.2) is 12.7 Å². The van der Waals surface area contributed by atoms with Gasteiger partial charge in [-0.15, -0.1) is 0 Å². The third-order valence-electron chi connectivity index (χ3n) is 3.44. The fourth-order valence-corrected chi connectivity index (χ4v) is 3.63. The highest BCUT2D eigenvalue weighted by Gasteiger charge is 2.59. The van der Waals surface area contributed by atoms with Crippen LogP contribution in [0.15, 0.2) is 24.5 Å². The standard InChI is InChI=1S/C13H19N3O3S/c1-13(2)12(17)16(20(13,18)19)8-4-7-15-10-11-5-3-6-14-9-11/h3,5-6,9,15H,4,7-8,10H2,1-2H3. The Hall–Kier alpha value is -1.47. The quantitative estimate of drug-likeness (QED) is 0.774. The SMILES string of the molecule is CC1(C)C(=O)N(CCCNCc2cccnc2)S1(=O)=O. The highest BCUT2D eigenvalue weighted by Crippen LogP contribution is 2.34. The predicted molar refractivity (Wildman–Crippen MR) is 75.3 cm³/mol. The number of carbonyl (C=O) groups excluding carboxylic acids is 1. The van der Waals surface area contributed by atoms with E-state index in [1.165, 1.54) is 13.8 Å². The minimum atomic E-state index is -3.44. The van der Waals surface area contributed by atoms with E-state index < -0.39 is 14.8 Å². The van der Waals surface area contributed by atoms with Gasteiger partial charge >= 0.3 is 0 Å². The molecule has 1 aliphatic heterocycles. The number of pyridine rings is 1. The lowest BCUT2D eigenvalue weighted by molar-refractivity contribution is -0.132. The van der Waals surface area contributed by atoms with E-state index in [0.717, 1.165) is 9.87 Å². The van der Waals surface area contributed by atoms with E-state index in [4.69, 9.17) is 0 Å². The minimum Gasteiger partial charge on any atom is -0.313 e. The molecule has 1 aromatic heterocycles. The molecule has 0 unspecified atom stereocenters. The molecule has 0 atom stereocenters. The molecule has 1 aliphatic rings. The summed E-state index contributed by atoms with van der Waals surface area (Å²) in [5, 5.41) is 3.20. The maximum absolute atomic E-state index is 11.8. The summed E-state index contributed by atoms with van der Waals surface area (Å²) in [6.07, 6.45) is 4.09. The first-order valence-electron chi connectivity index (χ1n) is 6.54. The van der Waals surface area contributed by atoms with Gasteiger partial charge in [0.25, 0.3) is 15.9 Å². The molecule has 1 saturated heterocycles. The molecule has 20 heavy (non-hydrogen) atoms. The minimum absolute atomic E-state index is 0.241. The van der Waals surface area contributed by atoms with Gasteiger partial charge in [0, 0.05) is 25.5 Å². The molecular weight excluding hydrogens is 278 g/mol. The van der Waals surface area contributed by atoms with Crippen molar-refractivity contribution in [2.24, 2.45) is 0 Å². The van der Waals surface area contributed by atoms with Gasteiger partial charge in [0.15, 0.2) is 4.75 Å². The van der Waals surface area contributed by atoms with E-state index in [1.807, 2.05) is 12.1 Å². The fourth-order valence-electron chi connectivity index (χ4n) is 2.06. The molecule has 0 spiro atoms. The van der Waals surface area contributed by atoms with Crippen LogP contribution in [-0.4, -0.2) is 41.5 Å². The Morgan fingerprint density at radius 2 is 2.15 bits per heavy atom. The molecule has 0 aromatic carbocycles. The number of carbonyl (C=O) groups is 1. The molecule has 7 heteroatoms. The number of nitrogens with zero attached hydrogens (tertiary/aromatic N) is 2. The predicted octanol–water partition coefficient (Wildman–Crippen LogP) is 0.512. The molecule has 0 saturated carbocycles. The number of hydrogen-bond donors (Lipinski definition) is 1. The van der Waals surface area contributed by atoms with Crippen LogP contribution in [0.3, 0.4) is 0 Å². The van der Waals surface area contributed by atoms with Crippen molar-refractivity contribution in [1.82, 2.24) is 14.6 Å². The van der Waals surface area contributed by atoms with Gasteiger partial charge in [0.2, 0.25) is 0 Å². The maximum atomic E-state index is 11.8. The fraction of sp³-hybridized carbons (Fsp3) is 0.538. The van der Waals surface area contributed by atoms with E-state index in [1.54, 1.807) is 12.4 Å². The molecule has 1 aromatic rings. The van der Waals surface area contributed by atoms with Gasteiger partial charge in [-0.05, 0) is 38.4 Å². The van der Waals surface area contributed by atoms with E-state index in [2.05, 4.69) is 10.3 Å². The van der Waals surface area contributed by atoms with E-state index >= 15 is 0 Å². The Balaban J connectivity index is 1.71. The van der Waals surface area contributed by atoms with Crippen LogP contribution in [0.5, 0.6) is 0 Å². The van der Waals surface area contributed by atoms with Crippen molar-refractivity contribution in [2.75, 3.05) is 13.1 Å². The van der Waals surface area contributed by atoms with Crippen LogP contribution < -0.4 is 5.32 Å². The number of amides is 1. The zero-order chi connectivity index (χ0) is 14.8. The van der Waals surface area contributed by atoms with Crippen LogP contribution in [0.1, 0.15) is 25.8 Å². The zero-order valence-corrected chi connectivity index (χ0v) is 12.5. The van der Waals surface area contributed by atoms with Crippen LogP contribution in [0, 0.1) is 0 Å². The summed E-state index contributed by atoms with van der Waals surface area (Å²) in [4.78, 5) is 15.7. The summed E-state index contributed by atoms with van der Waals surface area (Å²) in [5.41, 5.74) is 1.07. The van der Waals surface area contributed by atoms with Crippen LogP contribution in [0.4, 0.5) is 0 Å².